The van der Waals surface area contributed by atoms with E-state index in [0.29, 0.717) is 10.9 Å². The van der Waals surface area contributed by atoms with Gasteiger partial charge in [0.1, 0.15) is 0 Å². The van der Waals surface area contributed by atoms with Crippen molar-refractivity contribution in [2.45, 2.75) is 34.1 Å². The molecule has 3 heteroatoms. The van der Waals surface area contributed by atoms with Crippen LogP contribution in [0.3, 0.4) is 0 Å². The Bertz CT molecular complexity index is 188. The van der Waals surface area contributed by atoms with Crippen LogP contribution in [0.1, 0.15) is 34.1 Å². The fourth-order valence-electron chi connectivity index (χ4n) is 1.31. The summed E-state index contributed by atoms with van der Waals surface area (Å²) in [5.74, 6) is 0.716. The van der Waals surface area contributed by atoms with Gasteiger partial charge in [-0.05, 0) is 25.9 Å². The summed E-state index contributed by atoms with van der Waals surface area (Å²) in [5, 5.41) is 0. The molecule has 0 rings (SSSR count). The molecule has 0 unspecified atom stereocenters. The van der Waals surface area contributed by atoms with E-state index in [0.717, 1.165) is 19.5 Å². The quantitative estimate of drug-likeness (QED) is 0.691. The molecule has 0 aromatic carbocycles. The van der Waals surface area contributed by atoms with Gasteiger partial charge in [-0.2, -0.15) is 0 Å². The summed E-state index contributed by atoms with van der Waals surface area (Å²) in [6.45, 7) is 10.9. The zero-order chi connectivity index (χ0) is 11.4. The molecule has 0 atom stereocenters. The van der Waals surface area contributed by atoms with Crippen LogP contribution in [0, 0.1) is 11.3 Å². The molecule has 84 valence electrons. The topological polar surface area (TPSA) is 29.3 Å². The first-order valence-corrected chi connectivity index (χ1v) is 5.65. The Morgan fingerprint density at radius 3 is 2.29 bits per heavy atom. The van der Waals surface area contributed by atoms with Gasteiger partial charge in [0.15, 0.2) is 0 Å². The van der Waals surface area contributed by atoms with Gasteiger partial charge in [-0.25, -0.2) is 0 Å². The smallest absolute Gasteiger partial charge is 0.0784 e. The second-order valence-corrected chi connectivity index (χ2v) is 5.59. The maximum Gasteiger partial charge on any atom is 0.0784 e. The van der Waals surface area contributed by atoms with E-state index in [9.17, 15) is 0 Å². The largest absolute Gasteiger partial charge is 0.393 e. The maximum atomic E-state index is 5.67. The minimum absolute atomic E-state index is 0.0133. The number of hydrogen-bond acceptors (Lipinski definition) is 2. The number of hydrogen-bond donors (Lipinski definition) is 1. The van der Waals surface area contributed by atoms with Crippen LogP contribution in [0.15, 0.2) is 0 Å². The van der Waals surface area contributed by atoms with E-state index in [1.165, 1.54) is 0 Å². The van der Waals surface area contributed by atoms with E-state index in [-0.39, 0.29) is 5.41 Å². The number of thiocarbonyl (C=S) groups is 1. The molecule has 0 amide bonds. The highest BCUT2D eigenvalue weighted by Crippen LogP contribution is 2.20. The highest BCUT2D eigenvalue weighted by molar-refractivity contribution is 7.80. The molecule has 0 aliphatic carbocycles. The van der Waals surface area contributed by atoms with Crippen LogP contribution < -0.4 is 5.73 Å². The molecule has 0 radical (unpaired) electrons. The molecule has 2 N–H and O–H groups in total. The van der Waals surface area contributed by atoms with Gasteiger partial charge in [-0.3, -0.25) is 0 Å². The van der Waals surface area contributed by atoms with Crippen LogP contribution in [0.5, 0.6) is 0 Å². The van der Waals surface area contributed by atoms with E-state index < -0.39 is 0 Å². The van der Waals surface area contributed by atoms with Gasteiger partial charge in [0.25, 0.3) is 0 Å². The van der Waals surface area contributed by atoms with Crippen molar-refractivity contribution in [3.8, 4) is 0 Å². The summed E-state index contributed by atoms with van der Waals surface area (Å²) < 4.78 is 0. The Labute approximate surface area is 93.8 Å². The first-order valence-electron chi connectivity index (χ1n) is 5.24. The standard InChI is InChI=1S/C11H24N2S/c1-9(2)8-13(5)7-6-11(3,4)10(12)14/h9H,6-8H2,1-5H3,(H2,12,14). The number of rotatable bonds is 6. The Morgan fingerprint density at radius 1 is 1.43 bits per heavy atom. The van der Waals surface area contributed by atoms with Crippen molar-refractivity contribution >= 4 is 17.2 Å². The van der Waals surface area contributed by atoms with Crippen LogP contribution in [0.4, 0.5) is 0 Å². The third-order valence-corrected chi connectivity index (χ3v) is 3.01. The lowest BCUT2D eigenvalue weighted by atomic mass is 9.89. The molecule has 0 aliphatic rings. The fraction of sp³-hybridized carbons (Fsp3) is 0.909. The summed E-state index contributed by atoms with van der Waals surface area (Å²) >= 11 is 5.03. The molecule has 14 heavy (non-hydrogen) atoms. The average Bonchev–Trinajstić information content (AvgIpc) is 1.99. The van der Waals surface area contributed by atoms with E-state index in [2.05, 4.69) is 39.6 Å². The number of nitrogens with two attached hydrogens (primary N) is 1. The highest BCUT2D eigenvalue weighted by atomic mass is 32.1. The summed E-state index contributed by atoms with van der Waals surface area (Å²) in [6, 6.07) is 0. The molecule has 0 aromatic heterocycles. The normalized spacial score (nSPS) is 12.5. The van der Waals surface area contributed by atoms with Crippen LogP contribution in [0.2, 0.25) is 0 Å². The van der Waals surface area contributed by atoms with E-state index in [1.54, 1.807) is 0 Å². The van der Waals surface area contributed by atoms with Crippen molar-refractivity contribution in [1.29, 1.82) is 0 Å². The summed E-state index contributed by atoms with van der Waals surface area (Å²) in [7, 11) is 2.15. The van der Waals surface area contributed by atoms with Gasteiger partial charge >= 0.3 is 0 Å². The first-order chi connectivity index (χ1) is 6.25. The maximum absolute atomic E-state index is 5.67. The molecule has 0 aliphatic heterocycles. The van der Waals surface area contributed by atoms with Gasteiger partial charge in [0.2, 0.25) is 0 Å². The molecule has 2 nitrogen and oxygen atoms in total. The van der Waals surface area contributed by atoms with Gasteiger partial charge < -0.3 is 10.6 Å². The lowest BCUT2D eigenvalue weighted by Gasteiger charge is -2.27. The van der Waals surface area contributed by atoms with Crippen molar-refractivity contribution in [3.63, 3.8) is 0 Å². The molecule has 0 aromatic rings. The van der Waals surface area contributed by atoms with Crippen molar-refractivity contribution < 1.29 is 0 Å². The summed E-state index contributed by atoms with van der Waals surface area (Å²) in [5.41, 5.74) is 5.66. The second-order valence-electron chi connectivity index (χ2n) is 5.15. The third-order valence-electron chi connectivity index (χ3n) is 2.46. The molecule has 0 bridgehead atoms. The number of nitrogens with zero attached hydrogens (tertiary/aromatic N) is 1. The fourth-order valence-corrected chi connectivity index (χ4v) is 1.41. The van der Waals surface area contributed by atoms with Gasteiger partial charge in [0, 0.05) is 12.0 Å². The van der Waals surface area contributed by atoms with E-state index >= 15 is 0 Å². The first kappa shape index (κ1) is 13.8. The van der Waals surface area contributed by atoms with Crippen LogP contribution >= 0.6 is 12.2 Å². The second kappa shape index (κ2) is 5.66. The summed E-state index contributed by atoms with van der Waals surface area (Å²) in [6.07, 6.45) is 1.03. The zero-order valence-electron chi connectivity index (χ0n) is 10.1. The van der Waals surface area contributed by atoms with E-state index in [1.807, 2.05) is 0 Å². The predicted molar refractivity (Wildman–Crippen MR) is 67.5 cm³/mol. The average molecular weight is 216 g/mol. The van der Waals surface area contributed by atoms with Crippen LogP contribution in [-0.2, 0) is 0 Å². The van der Waals surface area contributed by atoms with Gasteiger partial charge in [-0.15, -0.1) is 0 Å². The van der Waals surface area contributed by atoms with Crippen LogP contribution in [-0.4, -0.2) is 30.0 Å². The molecule has 0 heterocycles. The minimum atomic E-state index is -0.0133. The minimum Gasteiger partial charge on any atom is -0.393 e. The Kier molecular flexibility index (Phi) is 5.60. The van der Waals surface area contributed by atoms with Gasteiger partial charge in [0.05, 0.1) is 4.99 Å². The van der Waals surface area contributed by atoms with Crippen molar-refractivity contribution in [3.05, 3.63) is 0 Å². The third kappa shape index (κ3) is 5.55. The highest BCUT2D eigenvalue weighted by Gasteiger charge is 2.21. The van der Waals surface area contributed by atoms with Crippen LogP contribution in [0.25, 0.3) is 0 Å². The molecular formula is C11H24N2S. The molecule has 0 saturated heterocycles. The van der Waals surface area contributed by atoms with Gasteiger partial charge in [-0.1, -0.05) is 39.9 Å². The Morgan fingerprint density at radius 2 is 1.93 bits per heavy atom. The SMILES string of the molecule is CC(C)CN(C)CCC(C)(C)C(N)=S. The molecule has 0 fully saturated rings. The summed E-state index contributed by atoms with van der Waals surface area (Å²) in [4.78, 5) is 2.96. The van der Waals surface area contributed by atoms with Crippen molar-refractivity contribution in [1.82, 2.24) is 4.90 Å². The molecular weight excluding hydrogens is 192 g/mol. The molecule has 0 spiro atoms. The molecule has 0 saturated carbocycles. The van der Waals surface area contributed by atoms with Crippen molar-refractivity contribution in [2.75, 3.05) is 20.1 Å². The lowest BCUT2D eigenvalue weighted by molar-refractivity contribution is 0.265. The Hall–Kier alpha value is -0.150. The zero-order valence-corrected chi connectivity index (χ0v) is 10.9. The predicted octanol–water partition coefficient (Wildman–Crippen LogP) is 2.28. The van der Waals surface area contributed by atoms with Crippen molar-refractivity contribution in [2.24, 2.45) is 17.1 Å². The monoisotopic (exact) mass is 216 g/mol. The lowest BCUT2D eigenvalue weighted by Crippen LogP contribution is -2.34. The van der Waals surface area contributed by atoms with E-state index in [4.69, 9.17) is 18.0 Å². The Balaban J connectivity index is 3.87.